The van der Waals surface area contributed by atoms with E-state index in [1.54, 1.807) is 0 Å². The van der Waals surface area contributed by atoms with E-state index in [0.717, 1.165) is 25.6 Å². The van der Waals surface area contributed by atoms with Gasteiger partial charge in [0.25, 0.3) is 0 Å². The molecule has 0 bridgehead atoms. The number of rotatable bonds is 3. The van der Waals surface area contributed by atoms with Gasteiger partial charge in [-0.1, -0.05) is 6.92 Å². The van der Waals surface area contributed by atoms with Gasteiger partial charge >= 0.3 is 0 Å². The summed E-state index contributed by atoms with van der Waals surface area (Å²) in [5.41, 5.74) is 7.61. The summed E-state index contributed by atoms with van der Waals surface area (Å²) in [4.78, 5) is 4.33. The van der Waals surface area contributed by atoms with Crippen LogP contribution in [0.1, 0.15) is 50.4 Å². The van der Waals surface area contributed by atoms with Crippen LogP contribution in [0.15, 0.2) is 12.5 Å². The molecule has 0 aromatic carbocycles. The lowest BCUT2D eigenvalue weighted by Gasteiger charge is -2.22. The van der Waals surface area contributed by atoms with E-state index in [2.05, 4.69) is 16.5 Å². The van der Waals surface area contributed by atoms with E-state index < -0.39 is 0 Å². The van der Waals surface area contributed by atoms with Gasteiger partial charge in [0.1, 0.15) is 0 Å². The normalized spacial score (nSPS) is 34.0. The summed E-state index contributed by atoms with van der Waals surface area (Å²) in [5, 5.41) is 0. The van der Waals surface area contributed by atoms with Crippen molar-refractivity contribution in [2.45, 2.75) is 44.7 Å². The Morgan fingerprint density at radius 3 is 3.00 bits per heavy atom. The Hall–Kier alpha value is -0.870. The van der Waals surface area contributed by atoms with Crippen LogP contribution in [0.4, 0.5) is 0 Å². The third kappa shape index (κ3) is 2.19. The fraction of sp³-hybridized carbons (Fsp3) is 0.786. The van der Waals surface area contributed by atoms with E-state index in [4.69, 9.17) is 10.5 Å². The minimum Gasteiger partial charge on any atom is -0.381 e. The summed E-state index contributed by atoms with van der Waals surface area (Å²) in [6.45, 7) is 3.99. The van der Waals surface area contributed by atoms with Crippen LogP contribution in [0.3, 0.4) is 0 Å². The molecule has 2 N–H and O–H groups in total. The fourth-order valence-corrected chi connectivity index (χ4v) is 3.39. The standard InChI is InChI=1S/C14H23N3O/c1-10-2-3-12(6-10)17-9-16-7-13(17)14(15)11-4-5-18-8-11/h7,9-12,14H,2-6,8,15H2,1H3. The molecule has 1 aliphatic carbocycles. The molecule has 3 rings (SSSR count). The lowest BCUT2D eigenvalue weighted by atomic mass is 9.97. The topological polar surface area (TPSA) is 53.1 Å². The number of ether oxygens (including phenoxy) is 1. The number of nitrogens with zero attached hydrogens (tertiary/aromatic N) is 2. The summed E-state index contributed by atoms with van der Waals surface area (Å²) in [7, 11) is 0. The van der Waals surface area contributed by atoms with Crippen LogP contribution in [0.2, 0.25) is 0 Å². The molecule has 1 saturated carbocycles. The van der Waals surface area contributed by atoms with Crippen LogP contribution in [0.5, 0.6) is 0 Å². The first-order chi connectivity index (χ1) is 8.75. The highest BCUT2D eigenvalue weighted by Gasteiger charge is 2.30. The number of imidazole rings is 1. The van der Waals surface area contributed by atoms with Crippen molar-refractivity contribution in [3.8, 4) is 0 Å². The molecule has 2 aliphatic rings. The highest BCUT2D eigenvalue weighted by Crippen LogP contribution is 2.37. The van der Waals surface area contributed by atoms with Crippen molar-refractivity contribution in [2.24, 2.45) is 17.6 Å². The van der Waals surface area contributed by atoms with Crippen molar-refractivity contribution in [3.05, 3.63) is 18.2 Å². The van der Waals surface area contributed by atoms with Crippen molar-refractivity contribution >= 4 is 0 Å². The molecule has 4 heteroatoms. The van der Waals surface area contributed by atoms with Crippen LogP contribution in [0, 0.1) is 11.8 Å². The van der Waals surface area contributed by atoms with Gasteiger partial charge < -0.3 is 15.0 Å². The Balaban J connectivity index is 1.78. The molecule has 0 amide bonds. The summed E-state index contributed by atoms with van der Waals surface area (Å²) in [5.74, 6) is 1.29. The minimum absolute atomic E-state index is 0.0749. The number of hydrogen-bond donors (Lipinski definition) is 1. The number of hydrogen-bond acceptors (Lipinski definition) is 3. The molecule has 1 saturated heterocycles. The third-order valence-electron chi connectivity index (χ3n) is 4.57. The first kappa shape index (κ1) is 12.2. The average molecular weight is 249 g/mol. The smallest absolute Gasteiger partial charge is 0.0951 e. The van der Waals surface area contributed by atoms with Crippen molar-refractivity contribution < 1.29 is 4.74 Å². The molecule has 18 heavy (non-hydrogen) atoms. The summed E-state index contributed by atoms with van der Waals surface area (Å²) in [6, 6.07) is 0.678. The Kier molecular flexibility index (Phi) is 3.39. The summed E-state index contributed by atoms with van der Waals surface area (Å²) >= 11 is 0. The van der Waals surface area contributed by atoms with Gasteiger partial charge in [0.05, 0.1) is 24.7 Å². The zero-order chi connectivity index (χ0) is 12.5. The average Bonchev–Trinajstić information content (AvgIpc) is 3.09. The van der Waals surface area contributed by atoms with Gasteiger partial charge in [0.15, 0.2) is 0 Å². The maximum absolute atomic E-state index is 6.41. The lowest BCUT2D eigenvalue weighted by molar-refractivity contribution is 0.180. The molecule has 100 valence electrons. The van der Waals surface area contributed by atoms with Gasteiger partial charge in [-0.15, -0.1) is 0 Å². The van der Waals surface area contributed by atoms with E-state index in [9.17, 15) is 0 Å². The molecular formula is C14H23N3O. The molecule has 1 aromatic heterocycles. The Bertz CT molecular complexity index is 397. The van der Waals surface area contributed by atoms with Crippen LogP contribution in [0.25, 0.3) is 0 Å². The van der Waals surface area contributed by atoms with E-state index in [1.165, 1.54) is 25.0 Å². The molecule has 0 radical (unpaired) electrons. The zero-order valence-electron chi connectivity index (χ0n) is 11.1. The van der Waals surface area contributed by atoms with Gasteiger partial charge in [-0.25, -0.2) is 4.98 Å². The number of aromatic nitrogens is 2. The minimum atomic E-state index is 0.0749. The van der Waals surface area contributed by atoms with E-state index in [0.29, 0.717) is 12.0 Å². The van der Waals surface area contributed by atoms with E-state index >= 15 is 0 Å². The van der Waals surface area contributed by atoms with Gasteiger partial charge in [0.2, 0.25) is 0 Å². The van der Waals surface area contributed by atoms with Gasteiger partial charge in [-0.2, -0.15) is 0 Å². The fourth-order valence-electron chi connectivity index (χ4n) is 3.39. The first-order valence-corrected chi connectivity index (χ1v) is 7.10. The van der Waals surface area contributed by atoms with Crippen molar-refractivity contribution in [1.29, 1.82) is 0 Å². The number of nitrogens with two attached hydrogens (primary N) is 1. The van der Waals surface area contributed by atoms with E-state index in [-0.39, 0.29) is 6.04 Å². The van der Waals surface area contributed by atoms with Gasteiger partial charge in [-0.05, 0) is 31.6 Å². The second kappa shape index (κ2) is 5.02. The largest absolute Gasteiger partial charge is 0.381 e. The Morgan fingerprint density at radius 2 is 2.33 bits per heavy atom. The van der Waals surface area contributed by atoms with Crippen molar-refractivity contribution in [3.63, 3.8) is 0 Å². The summed E-state index contributed by atoms with van der Waals surface area (Å²) in [6.07, 6.45) is 8.84. The second-order valence-corrected chi connectivity index (χ2v) is 5.95. The van der Waals surface area contributed by atoms with Crippen LogP contribution >= 0.6 is 0 Å². The van der Waals surface area contributed by atoms with Crippen LogP contribution in [-0.2, 0) is 4.74 Å². The lowest BCUT2D eigenvalue weighted by Crippen LogP contribution is -2.25. The highest BCUT2D eigenvalue weighted by atomic mass is 16.5. The highest BCUT2D eigenvalue weighted by molar-refractivity contribution is 5.09. The molecule has 4 nitrogen and oxygen atoms in total. The van der Waals surface area contributed by atoms with Gasteiger partial charge in [-0.3, -0.25) is 0 Å². The summed E-state index contributed by atoms with van der Waals surface area (Å²) < 4.78 is 7.77. The third-order valence-corrected chi connectivity index (χ3v) is 4.57. The van der Waals surface area contributed by atoms with Crippen LogP contribution < -0.4 is 5.73 Å². The van der Waals surface area contributed by atoms with Crippen LogP contribution in [-0.4, -0.2) is 22.8 Å². The molecule has 2 heterocycles. The quantitative estimate of drug-likeness (QED) is 0.894. The monoisotopic (exact) mass is 249 g/mol. The van der Waals surface area contributed by atoms with Crippen molar-refractivity contribution in [2.75, 3.05) is 13.2 Å². The maximum Gasteiger partial charge on any atom is 0.0951 e. The maximum atomic E-state index is 6.41. The Labute approximate surface area is 109 Å². The predicted molar refractivity (Wildman–Crippen MR) is 70.1 cm³/mol. The predicted octanol–water partition coefficient (Wildman–Crippen LogP) is 2.28. The van der Waals surface area contributed by atoms with Gasteiger partial charge in [0, 0.05) is 24.8 Å². The second-order valence-electron chi connectivity index (χ2n) is 5.95. The zero-order valence-corrected chi connectivity index (χ0v) is 11.1. The first-order valence-electron chi connectivity index (χ1n) is 7.10. The SMILES string of the molecule is CC1CCC(n2cncc2C(N)C2CCOC2)C1. The molecule has 1 aromatic rings. The molecule has 4 unspecified atom stereocenters. The molecule has 0 spiro atoms. The molecule has 4 atom stereocenters. The molecule has 2 fully saturated rings. The molecule has 1 aliphatic heterocycles. The molecular weight excluding hydrogens is 226 g/mol. The Morgan fingerprint density at radius 1 is 1.44 bits per heavy atom. The van der Waals surface area contributed by atoms with E-state index in [1.807, 2.05) is 12.5 Å². The van der Waals surface area contributed by atoms with Crippen molar-refractivity contribution in [1.82, 2.24) is 9.55 Å².